The van der Waals surface area contributed by atoms with Crippen molar-refractivity contribution >= 4 is 12.2 Å². The van der Waals surface area contributed by atoms with Crippen molar-refractivity contribution in [2.45, 2.75) is 51.6 Å². The van der Waals surface area contributed by atoms with Crippen molar-refractivity contribution in [3.05, 3.63) is 0 Å². The number of carbonyl (C=O) groups excluding carboxylic acids is 2. The van der Waals surface area contributed by atoms with Crippen LogP contribution in [-0.4, -0.2) is 47.5 Å². The number of rotatable bonds is 2. The summed E-state index contributed by atoms with van der Waals surface area (Å²) in [5.74, 6) is 1.40. The number of hydrogen-bond donors (Lipinski definition) is 0. The summed E-state index contributed by atoms with van der Waals surface area (Å²) in [6.07, 6.45) is 3.64. The van der Waals surface area contributed by atoms with E-state index in [0.29, 0.717) is 25.0 Å². The predicted octanol–water partition coefficient (Wildman–Crippen LogP) is 2.39. The van der Waals surface area contributed by atoms with Crippen LogP contribution in [0.2, 0.25) is 0 Å². The number of amides is 2. The summed E-state index contributed by atoms with van der Waals surface area (Å²) in [6.45, 7) is 4.22. The van der Waals surface area contributed by atoms with Crippen molar-refractivity contribution in [2.24, 2.45) is 17.3 Å². The monoisotopic (exact) mass is 294 g/mol. The van der Waals surface area contributed by atoms with E-state index in [2.05, 4.69) is 0 Å². The van der Waals surface area contributed by atoms with Crippen LogP contribution < -0.4 is 0 Å². The molecule has 2 bridgehead atoms. The van der Waals surface area contributed by atoms with E-state index in [-0.39, 0.29) is 17.5 Å². The van der Waals surface area contributed by atoms with Gasteiger partial charge >= 0.3 is 12.2 Å². The molecule has 3 aliphatic carbocycles. The Hall–Kier alpha value is -1.46. The average molecular weight is 294 g/mol. The molecule has 1 saturated heterocycles. The zero-order valence-corrected chi connectivity index (χ0v) is 12.6. The van der Waals surface area contributed by atoms with Crippen molar-refractivity contribution in [3.63, 3.8) is 0 Å². The molecule has 4 unspecified atom stereocenters. The quantitative estimate of drug-likeness (QED) is 0.784. The standard InChI is InChI=1S/C15H22N2O4/c1-3-20-13(18)16-11-7-8-12(17(16)14(19)21-4-2)15(11)9-5-6-10(9)15/h9-12H,3-8H2,1-2H3. The van der Waals surface area contributed by atoms with Crippen molar-refractivity contribution in [2.75, 3.05) is 13.2 Å². The summed E-state index contributed by atoms with van der Waals surface area (Å²) in [5.41, 5.74) is 0.152. The van der Waals surface area contributed by atoms with E-state index in [1.807, 2.05) is 0 Å². The van der Waals surface area contributed by atoms with Crippen molar-refractivity contribution < 1.29 is 19.1 Å². The topological polar surface area (TPSA) is 59.1 Å². The van der Waals surface area contributed by atoms with Gasteiger partial charge in [-0.3, -0.25) is 0 Å². The molecule has 4 aliphatic rings. The van der Waals surface area contributed by atoms with Gasteiger partial charge in [-0.1, -0.05) is 0 Å². The number of fused-ring (bicyclic) bond motifs is 1. The second-order valence-corrected chi connectivity index (χ2v) is 6.49. The molecule has 0 aromatic heterocycles. The number of nitrogens with zero attached hydrogens (tertiary/aromatic N) is 2. The van der Waals surface area contributed by atoms with Crippen LogP contribution >= 0.6 is 0 Å². The lowest BCUT2D eigenvalue weighted by molar-refractivity contribution is -0.0378. The summed E-state index contributed by atoms with van der Waals surface area (Å²) in [6, 6.07) is 0.256. The molecule has 6 heteroatoms. The second kappa shape index (κ2) is 4.27. The lowest BCUT2D eigenvalue weighted by Crippen LogP contribution is -2.53. The molecular weight excluding hydrogens is 272 g/mol. The van der Waals surface area contributed by atoms with Gasteiger partial charge < -0.3 is 9.47 Å². The Morgan fingerprint density at radius 2 is 1.33 bits per heavy atom. The van der Waals surface area contributed by atoms with Gasteiger partial charge in [0.2, 0.25) is 0 Å². The molecule has 1 aliphatic heterocycles. The summed E-state index contributed by atoms with van der Waals surface area (Å²) >= 11 is 0. The highest BCUT2D eigenvalue weighted by Crippen LogP contribution is 2.80. The zero-order valence-electron chi connectivity index (χ0n) is 12.6. The first-order valence-corrected chi connectivity index (χ1v) is 8.09. The Labute approximate surface area is 124 Å². The van der Waals surface area contributed by atoms with Crippen LogP contribution in [0, 0.1) is 17.3 Å². The van der Waals surface area contributed by atoms with Crippen LogP contribution in [-0.2, 0) is 9.47 Å². The Morgan fingerprint density at radius 3 is 1.67 bits per heavy atom. The van der Waals surface area contributed by atoms with Crippen LogP contribution in [0.25, 0.3) is 0 Å². The Morgan fingerprint density at radius 1 is 0.905 bits per heavy atom. The maximum absolute atomic E-state index is 12.4. The van der Waals surface area contributed by atoms with E-state index in [0.717, 1.165) is 12.8 Å². The molecule has 4 fully saturated rings. The first kappa shape index (κ1) is 13.2. The van der Waals surface area contributed by atoms with Crippen molar-refractivity contribution in [1.82, 2.24) is 10.0 Å². The van der Waals surface area contributed by atoms with Gasteiger partial charge in [-0.25, -0.2) is 19.6 Å². The Bertz CT molecular complexity index is 450. The Balaban J connectivity index is 1.67. The third-order valence-electron chi connectivity index (χ3n) is 6.05. The van der Waals surface area contributed by atoms with Gasteiger partial charge in [-0.2, -0.15) is 0 Å². The highest BCUT2D eigenvalue weighted by Gasteiger charge is 2.83. The van der Waals surface area contributed by atoms with Gasteiger partial charge in [0.15, 0.2) is 0 Å². The second-order valence-electron chi connectivity index (χ2n) is 6.49. The van der Waals surface area contributed by atoms with Gasteiger partial charge in [-0.05, 0) is 51.4 Å². The lowest BCUT2D eigenvalue weighted by Gasteiger charge is -2.35. The summed E-state index contributed by atoms with van der Waals surface area (Å²) in [4.78, 5) is 24.7. The maximum Gasteiger partial charge on any atom is 0.429 e. The minimum Gasteiger partial charge on any atom is -0.448 e. The molecular formula is C15H22N2O4. The highest BCUT2D eigenvalue weighted by molar-refractivity contribution is 5.77. The van der Waals surface area contributed by atoms with Gasteiger partial charge in [0.25, 0.3) is 0 Å². The van der Waals surface area contributed by atoms with Gasteiger partial charge in [0, 0.05) is 5.41 Å². The van der Waals surface area contributed by atoms with Gasteiger partial charge in [-0.15, -0.1) is 0 Å². The summed E-state index contributed by atoms with van der Waals surface area (Å²) in [7, 11) is 0. The van der Waals surface area contributed by atoms with Crippen molar-refractivity contribution in [1.29, 1.82) is 0 Å². The minimum absolute atomic E-state index is 0.128. The fourth-order valence-electron chi connectivity index (χ4n) is 5.39. The highest BCUT2D eigenvalue weighted by atomic mass is 16.6. The maximum atomic E-state index is 12.4. The molecule has 6 nitrogen and oxygen atoms in total. The summed E-state index contributed by atoms with van der Waals surface area (Å²) < 4.78 is 10.4. The molecule has 1 spiro atoms. The van der Waals surface area contributed by atoms with Crippen molar-refractivity contribution in [3.8, 4) is 0 Å². The molecule has 0 radical (unpaired) electrons. The van der Waals surface area contributed by atoms with Crippen LogP contribution in [0.15, 0.2) is 0 Å². The number of carbonyl (C=O) groups is 2. The third kappa shape index (κ3) is 1.38. The number of ether oxygens (including phenoxy) is 2. The molecule has 4 atom stereocenters. The largest absolute Gasteiger partial charge is 0.448 e. The van der Waals surface area contributed by atoms with Gasteiger partial charge in [0.05, 0.1) is 25.3 Å². The smallest absolute Gasteiger partial charge is 0.429 e. The van der Waals surface area contributed by atoms with E-state index < -0.39 is 12.2 Å². The molecule has 0 N–H and O–H groups in total. The predicted molar refractivity (Wildman–Crippen MR) is 73.2 cm³/mol. The molecule has 0 aromatic rings. The van der Waals surface area contributed by atoms with E-state index in [4.69, 9.17) is 9.47 Å². The van der Waals surface area contributed by atoms with E-state index in [9.17, 15) is 9.59 Å². The minimum atomic E-state index is -0.400. The molecule has 4 rings (SSSR count). The number of hydrazine groups is 1. The first-order chi connectivity index (χ1) is 10.2. The zero-order chi connectivity index (χ0) is 14.8. The molecule has 3 saturated carbocycles. The fraction of sp³-hybridized carbons (Fsp3) is 0.867. The lowest BCUT2D eigenvalue weighted by atomic mass is 9.95. The van der Waals surface area contributed by atoms with Crippen LogP contribution in [0.1, 0.15) is 39.5 Å². The van der Waals surface area contributed by atoms with Crippen LogP contribution in [0.3, 0.4) is 0 Å². The average Bonchev–Trinajstić information content (AvgIpc) is 2.69. The van der Waals surface area contributed by atoms with Crippen LogP contribution in [0.4, 0.5) is 9.59 Å². The molecule has 0 aromatic carbocycles. The first-order valence-electron chi connectivity index (χ1n) is 8.09. The van der Waals surface area contributed by atoms with E-state index >= 15 is 0 Å². The SMILES string of the molecule is CCOC(=O)N1C2CCC(N1C(=O)OCC)C21C2CCC21. The van der Waals surface area contributed by atoms with Gasteiger partial charge in [0.1, 0.15) is 0 Å². The number of hydrogen-bond acceptors (Lipinski definition) is 4. The molecule has 2 amide bonds. The fourth-order valence-corrected chi connectivity index (χ4v) is 5.39. The molecule has 116 valence electrons. The van der Waals surface area contributed by atoms with E-state index in [1.54, 1.807) is 23.9 Å². The van der Waals surface area contributed by atoms with E-state index in [1.165, 1.54) is 12.8 Å². The normalized spacial score (nSPS) is 41.8. The molecule has 21 heavy (non-hydrogen) atoms. The third-order valence-corrected chi connectivity index (χ3v) is 6.05. The molecule has 1 heterocycles. The summed E-state index contributed by atoms with van der Waals surface area (Å²) in [5, 5.41) is 3.15. The Kier molecular flexibility index (Phi) is 2.69. The van der Waals surface area contributed by atoms with Crippen LogP contribution in [0.5, 0.6) is 0 Å².